The fourth-order valence-electron chi connectivity index (χ4n) is 4.78. The van der Waals surface area contributed by atoms with Crippen LogP contribution in [0.15, 0.2) is 29.1 Å². The number of esters is 1. The van der Waals surface area contributed by atoms with E-state index in [2.05, 4.69) is 11.9 Å². The molecule has 0 saturated heterocycles. The number of cyclic esters (lactones) is 1. The third kappa shape index (κ3) is 2.65. The van der Waals surface area contributed by atoms with Crippen molar-refractivity contribution in [2.45, 2.75) is 52.4 Å². The summed E-state index contributed by atoms with van der Waals surface area (Å²) in [5.41, 5.74) is 2.07. The van der Waals surface area contributed by atoms with Gasteiger partial charge in [0.15, 0.2) is 0 Å². The minimum atomic E-state index is -1.95. The molecule has 0 N–H and O–H groups in total. The number of hydrogen-bond acceptors (Lipinski definition) is 6. The van der Waals surface area contributed by atoms with Gasteiger partial charge in [-0.3, -0.25) is 4.79 Å². The second-order valence-electron chi connectivity index (χ2n) is 8.05. The Labute approximate surface area is 183 Å². The van der Waals surface area contributed by atoms with Gasteiger partial charge in [-0.25, -0.2) is 9.78 Å². The quantitative estimate of drug-likeness (QED) is 0.439. The van der Waals surface area contributed by atoms with Crippen molar-refractivity contribution in [2.24, 2.45) is 0 Å². The van der Waals surface area contributed by atoms with Crippen LogP contribution in [-0.2, 0) is 39.6 Å². The highest BCUT2D eigenvalue weighted by molar-refractivity contribution is 5.91. The lowest BCUT2D eigenvalue weighted by molar-refractivity contribution is -0.256. The summed E-state index contributed by atoms with van der Waals surface area (Å²) in [6.45, 7) is 6.24. The Bertz CT molecular complexity index is 1330. The summed E-state index contributed by atoms with van der Waals surface area (Å²) in [4.78, 5) is 34.8. The number of carbonyl (C=O) groups is 1. The third-order valence-corrected chi connectivity index (χ3v) is 6.50. The predicted molar refractivity (Wildman–Crippen MR) is 115 cm³/mol. The maximum Gasteiger partial charge on any atom is 0.347 e. The number of carbonyl (C=O) groups excluding carboxylic acids is 1. The molecule has 8 heteroatoms. The molecular formula is C24H23FN2O5. The molecule has 1 aromatic carbocycles. The van der Waals surface area contributed by atoms with Gasteiger partial charge in [0, 0.05) is 16.5 Å². The molecule has 0 fully saturated rings. The Hall–Kier alpha value is -3.26. The van der Waals surface area contributed by atoms with Crippen molar-refractivity contribution < 1.29 is 23.7 Å². The van der Waals surface area contributed by atoms with Gasteiger partial charge >= 0.3 is 5.97 Å². The van der Waals surface area contributed by atoms with E-state index in [1.165, 1.54) is 0 Å². The monoisotopic (exact) mass is 438 g/mol. The van der Waals surface area contributed by atoms with Crippen molar-refractivity contribution >= 4 is 16.9 Å². The van der Waals surface area contributed by atoms with E-state index in [9.17, 15) is 14.1 Å². The molecule has 0 bridgehead atoms. The first kappa shape index (κ1) is 20.6. The number of aromatic nitrogens is 2. The van der Waals surface area contributed by atoms with Crippen molar-refractivity contribution in [3.63, 3.8) is 0 Å². The number of pyridine rings is 2. The molecule has 7 nitrogen and oxygen atoms in total. The zero-order valence-electron chi connectivity index (χ0n) is 18.2. The standard InChI is InChI=1S/C24H23FN2O5/c1-4-13-7-8-19(30-6-3)15-9-14-11-27-18(21(14)26-20(13)15)10-17-16(22(27)28)12-31-23(29)24(17,5-2)32-25/h7-10H,4-6,11-12H2,1-3H3/t24-/m0/s1. The van der Waals surface area contributed by atoms with Gasteiger partial charge in [-0.15, -0.1) is 0 Å². The fraction of sp³-hybridized carbons (Fsp3) is 0.375. The molecule has 32 heavy (non-hydrogen) atoms. The van der Waals surface area contributed by atoms with Crippen molar-refractivity contribution in [2.75, 3.05) is 6.61 Å². The second-order valence-corrected chi connectivity index (χ2v) is 8.05. The van der Waals surface area contributed by atoms with Gasteiger partial charge in [-0.1, -0.05) is 19.9 Å². The molecule has 2 aromatic heterocycles. The van der Waals surface area contributed by atoms with Gasteiger partial charge < -0.3 is 14.0 Å². The Morgan fingerprint density at radius 3 is 2.72 bits per heavy atom. The largest absolute Gasteiger partial charge is 0.493 e. The Morgan fingerprint density at radius 2 is 2.03 bits per heavy atom. The molecule has 5 rings (SSSR count). The van der Waals surface area contributed by atoms with Crippen molar-refractivity contribution in [3.8, 4) is 17.1 Å². The molecule has 166 valence electrons. The number of hydrogen-bond donors (Lipinski definition) is 0. The number of aryl methyl sites for hydroxylation is 1. The van der Waals surface area contributed by atoms with Crippen LogP contribution in [-0.4, -0.2) is 22.1 Å². The minimum absolute atomic E-state index is 0.00602. The van der Waals surface area contributed by atoms with Gasteiger partial charge in [-0.2, -0.15) is 4.94 Å². The van der Waals surface area contributed by atoms with E-state index in [0.29, 0.717) is 24.5 Å². The maximum atomic E-state index is 13.7. The molecule has 0 aliphatic carbocycles. The van der Waals surface area contributed by atoms with Crippen molar-refractivity contribution in [1.29, 1.82) is 0 Å². The van der Waals surface area contributed by atoms with Gasteiger partial charge in [-0.05, 0) is 48.1 Å². The summed E-state index contributed by atoms with van der Waals surface area (Å²) in [5.74, 6) is -0.0916. The highest BCUT2D eigenvalue weighted by Gasteiger charge is 2.49. The highest BCUT2D eigenvalue weighted by Crippen LogP contribution is 2.41. The summed E-state index contributed by atoms with van der Waals surface area (Å²) in [7, 11) is 0. The Balaban J connectivity index is 1.79. The van der Waals surface area contributed by atoms with E-state index in [1.54, 1.807) is 17.6 Å². The van der Waals surface area contributed by atoms with Crippen LogP contribution in [0.3, 0.4) is 0 Å². The number of ether oxygens (including phenoxy) is 2. The summed E-state index contributed by atoms with van der Waals surface area (Å²) >= 11 is 0. The van der Waals surface area contributed by atoms with E-state index in [4.69, 9.17) is 14.5 Å². The van der Waals surface area contributed by atoms with Gasteiger partial charge in [0.2, 0.25) is 5.60 Å². The lowest BCUT2D eigenvalue weighted by Crippen LogP contribution is -2.45. The van der Waals surface area contributed by atoms with E-state index in [0.717, 1.165) is 34.2 Å². The topological polar surface area (TPSA) is 79.7 Å². The summed E-state index contributed by atoms with van der Waals surface area (Å²) in [5, 5.41) is 0.893. The molecule has 1 atom stereocenters. The molecule has 0 unspecified atom stereocenters. The average Bonchev–Trinajstić information content (AvgIpc) is 3.17. The fourth-order valence-corrected chi connectivity index (χ4v) is 4.78. The molecule has 0 spiro atoms. The van der Waals surface area contributed by atoms with E-state index < -0.39 is 11.6 Å². The van der Waals surface area contributed by atoms with Crippen molar-refractivity contribution in [1.82, 2.24) is 9.55 Å². The van der Waals surface area contributed by atoms with Crippen LogP contribution in [0.4, 0.5) is 4.53 Å². The van der Waals surface area contributed by atoms with Gasteiger partial charge in [0.05, 0.1) is 35.6 Å². The number of halogens is 1. The second kappa shape index (κ2) is 7.41. The first-order chi connectivity index (χ1) is 15.5. The first-order valence-electron chi connectivity index (χ1n) is 10.8. The smallest absolute Gasteiger partial charge is 0.347 e. The molecule has 2 aliphatic rings. The SMILES string of the molecule is CCOc1ccc(CC)c2nc3c(cc12)Cn1c-3cc2c(c1=O)COC(=O)[C@@]2(CC)OF. The summed E-state index contributed by atoms with van der Waals surface area (Å²) in [6, 6.07) is 7.61. The minimum Gasteiger partial charge on any atom is -0.493 e. The van der Waals surface area contributed by atoms with E-state index in [-0.39, 0.29) is 29.7 Å². The Morgan fingerprint density at radius 1 is 1.22 bits per heavy atom. The number of nitrogens with zero attached hydrogens (tertiary/aromatic N) is 2. The summed E-state index contributed by atoms with van der Waals surface area (Å²) in [6.07, 6.45) is 0.778. The molecule has 0 amide bonds. The van der Waals surface area contributed by atoms with Crippen LogP contribution in [0.5, 0.6) is 5.75 Å². The molecule has 2 aliphatic heterocycles. The molecule has 4 heterocycles. The average molecular weight is 438 g/mol. The third-order valence-electron chi connectivity index (χ3n) is 6.50. The zero-order chi connectivity index (χ0) is 22.6. The normalized spacial score (nSPS) is 18.8. The Kier molecular flexibility index (Phi) is 4.78. The van der Waals surface area contributed by atoms with Crippen molar-refractivity contribution in [3.05, 3.63) is 56.9 Å². The predicted octanol–water partition coefficient (Wildman–Crippen LogP) is 3.95. The van der Waals surface area contributed by atoms with Crippen LogP contribution in [0.1, 0.15) is 49.4 Å². The van der Waals surface area contributed by atoms with E-state index >= 15 is 0 Å². The molecular weight excluding hydrogens is 415 g/mol. The van der Waals surface area contributed by atoms with Gasteiger partial charge in [0.25, 0.3) is 5.56 Å². The van der Waals surface area contributed by atoms with Crippen LogP contribution >= 0.6 is 0 Å². The number of benzene rings is 1. The van der Waals surface area contributed by atoms with Gasteiger partial charge in [0.1, 0.15) is 12.4 Å². The van der Waals surface area contributed by atoms with Crippen LogP contribution < -0.4 is 10.3 Å². The molecule has 0 saturated carbocycles. The lowest BCUT2D eigenvalue weighted by Gasteiger charge is -2.32. The number of fused-ring (bicyclic) bond motifs is 5. The highest BCUT2D eigenvalue weighted by atomic mass is 19.3. The summed E-state index contributed by atoms with van der Waals surface area (Å²) < 4.78 is 26.2. The van der Waals surface area contributed by atoms with E-state index in [1.807, 2.05) is 25.1 Å². The van der Waals surface area contributed by atoms with Crippen LogP contribution in [0.2, 0.25) is 0 Å². The molecule has 0 radical (unpaired) electrons. The zero-order valence-corrected chi connectivity index (χ0v) is 18.2. The number of rotatable bonds is 5. The molecule has 3 aromatic rings. The van der Waals surface area contributed by atoms with Crippen LogP contribution in [0.25, 0.3) is 22.3 Å². The van der Waals surface area contributed by atoms with Crippen LogP contribution in [0, 0.1) is 0 Å². The lowest BCUT2D eigenvalue weighted by atomic mass is 9.86. The first-order valence-corrected chi connectivity index (χ1v) is 10.8. The maximum absolute atomic E-state index is 13.7.